The zero-order valence-electron chi connectivity index (χ0n) is 9.98. The summed E-state index contributed by atoms with van der Waals surface area (Å²) in [4.78, 5) is 13.4. The Morgan fingerprint density at radius 3 is 3.06 bits per heavy atom. The van der Waals surface area contributed by atoms with E-state index in [0.29, 0.717) is 6.61 Å². The normalized spacial score (nSPS) is 19.2. The first-order chi connectivity index (χ1) is 7.69. The fourth-order valence-electron chi connectivity index (χ4n) is 1.62. The molecule has 0 radical (unpaired) electrons. The summed E-state index contributed by atoms with van der Waals surface area (Å²) in [6.07, 6.45) is 9.26. The second-order valence-corrected chi connectivity index (χ2v) is 3.77. The Morgan fingerprint density at radius 1 is 1.69 bits per heavy atom. The van der Waals surface area contributed by atoms with Crippen LogP contribution in [0, 0.1) is 0 Å². The molecule has 0 aromatic rings. The summed E-state index contributed by atoms with van der Waals surface area (Å²) in [7, 11) is 0. The number of hydrogen-bond donors (Lipinski definition) is 0. The number of carbonyl (C=O) groups is 1. The molecule has 1 heterocycles. The smallest absolute Gasteiger partial charge is 0.414 e. The van der Waals surface area contributed by atoms with Gasteiger partial charge in [0.25, 0.3) is 0 Å². The maximum atomic E-state index is 11.7. The molecule has 88 valence electrons. The molecule has 0 aliphatic carbocycles. The summed E-state index contributed by atoms with van der Waals surface area (Å²) in [6.45, 7) is 7.87. The van der Waals surface area contributed by atoms with Crippen LogP contribution in [0.2, 0.25) is 0 Å². The molecule has 0 aromatic carbocycles. The molecule has 0 bridgehead atoms. The third-order valence-electron chi connectivity index (χ3n) is 2.43. The molecule has 0 spiro atoms. The van der Waals surface area contributed by atoms with Gasteiger partial charge in [-0.3, -0.25) is 4.90 Å². The van der Waals surface area contributed by atoms with Gasteiger partial charge in [0, 0.05) is 6.20 Å². The second-order valence-electron chi connectivity index (χ2n) is 3.77. The maximum Gasteiger partial charge on any atom is 0.414 e. The molecule has 3 nitrogen and oxygen atoms in total. The Kier molecular flexibility index (Phi) is 4.83. The predicted molar refractivity (Wildman–Crippen MR) is 65.0 cm³/mol. The SMILES string of the molecule is C=CCCC1C=CC(C)=CN1C(=O)OCC. The number of hydrogen-bond acceptors (Lipinski definition) is 2. The van der Waals surface area contributed by atoms with E-state index >= 15 is 0 Å². The van der Waals surface area contributed by atoms with E-state index in [2.05, 4.69) is 6.58 Å². The van der Waals surface area contributed by atoms with Crippen LogP contribution in [0.1, 0.15) is 26.7 Å². The van der Waals surface area contributed by atoms with E-state index in [1.807, 2.05) is 38.3 Å². The maximum absolute atomic E-state index is 11.7. The Balaban J connectivity index is 2.70. The lowest BCUT2D eigenvalue weighted by Gasteiger charge is -2.28. The number of carbonyl (C=O) groups excluding carboxylic acids is 1. The molecular weight excluding hydrogens is 202 g/mol. The lowest BCUT2D eigenvalue weighted by Crippen LogP contribution is -2.37. The van der Waals surface area contributed by atoms with E-state index in [9.17, 15) is 4.79 Å². The molecule has 0 aromatic heterocycles. The topological polar surface area (TPSA) is 29.5 Å². The predicted octanol–water partition coefficient (Wildman–Crippen LogP) is 3.25. The Hall–Kier alpha value is -1.51. The van der Waals surface area contributed by atoms with Crippen molar-refractivity contribution in [1.29, 1.82) is 0 Å². The number of nitrogens with zero attached hydrogens (tertiary/aromatic N) is 1. The number of rotatable bonds is 4. The van der Waals surface area contributed by atoms with Crippen LogP contribution in [-0.4, -0.2) is 23.6 Å². The van der Waals surface area contributed by atoms with E-state index < -0.39 is 0 Å². The second kappa shape index (κ2) is 6.16. The zero-order valence-corrected chi connectivity index (χ0v) is 9.98. The van der Waals surface area contributed by atoms with Gasteiger partial charge in [0.05, 0.1) is 12.6 Å². The highest BCUT2D eigenvalue weighted by molar-refractivity contribution is 5.70. The number of ether oxygens (including phenoxy) is 1. The van der Waals surface area contributed by atoms with Crippen LogP contribution in [0.15, 0.2) is 36.6 Å². The molecule has 1 rings (SSSR count). The summed E-state index contributed by atoms with van der Waals surface area (Å²) >= 11 is 0. The monoisotopic (exact) mass is 221 g/mol. The molecule has 16 heavy (non-hydrogen) atoms. The van der Waals surface area contributed by atoms with E-state index in [1.165, 1.54) is 0 Å². The van der Waals surface area contributed by atoms with E-state index in [4.69, 9.17) is 4.74 Å². The van der Waals surface area contributed by atoms with Gasteiger partial charge in [0.15, 0.2) is 0 Å². The van der Waals surface area contributed by atoms with Crippen LogP contribution in [0.3, 0.4) is 0 Å². The third kappa shape index (κ3) is 3.26. The molecule has 0 saturated heterocycles. The first-order valence-corrected chi connectivity index (χ1v) is 5.61. The van der Waals surface area contributed by atoms with Gasteiger partial charge >= 0.3 is 6.09 Å². The molecule has 1 aliphatic heterocycles. The van der Waals surface area contributed by atoms with Crippen LogP contribution >= 0.6 is 0 Å². The van der Waals surface area contributed by atoms with Crippen molar-refractivity contribution in [1.82, 2.24) is 4.90 Å². The summed E-state index contributed by atoms with van der Waals surface area (Å²) in [5.74, 6) is 0. The average molecular weight is 221 g/mol. The summed E-state index contributed by atoms with van der Waals surface area (Å²) in [5, 5.41) is 0. The first kappa shape index (κ1) is 12.6. The minimum atomic E-state index is -0.278. The highest BCUT2D eigenvalue weighted by Crippen LogP contribution is 2.18. The minimum Gasteiger partial charge on any atom is -0.449 e. The third-order valence-corrected chi connectivity index (χ3v) is 2.43. The van der Waals surface area contributed by atoms with Crippen molar-refractivity contribution >= 4 is 6.09 Å². The molecule has 1 unspecified atom stereocenters. The van der Waals surface area contributed by atoms with Crippen molar-refractivity contribution in [2.24, 2.45) is 0 Å². The van der Waals surface area contributed by atoms with Gasteiger partial charge in [-0.15, -0.1) is 6.58 Å². The molecular formula is C13H19NO2. The lowest BCUT2D eigenvalue weighted by molar-refractivity contribution is 0.113. The number of amides is 1. The van der Waals surface area contributed by atoms with Crippen LogP contribution < -0.4 is 0 Å². The lowest BCUT2D eigenvalue weighted by atomic mass is 10.1. The van der Waals surface area contributed by atoms with Gasteiger partial charge in [-0.25, -0.2) is 4.79 Å². The van der Waals surface area contributed by atoms with Crippen LogP contribution in [0.25, 0.3) is 0 Å². The molecule has 1 atom stereocenters. The van der Waals surface area contributed by atoms with Gasteiger partial charge < -0.3 is 4.74 Å². The van der Waals surface area contributed by atoms with Crippen LogP contribution in [0.5, 0.6) is 0 Å². The van der Waals surface area contributed by atoms with Crippen molar-refractivity contribution < 1.29 is 9.53 Å². The summed E-state index contributed by atoms with van der Waals surface area (Å²) in [6, 6.07) is 0.0840. The molecule has 3 heteroatoms. The molecule has 0 N–H and O–H groups in total. The number of allylic oxidation sites excluding steroid dienone is 3. The van der Waals surface area contributed by atoms with Gasteiger partial charge in [0.1, 0.15) is 0 Å². The average Bonchev–Trinajstić information content (AvgIpc) is 2.27. The molecule has 1 amide bonds. The molecule has 0 saturated carbocycles. The van der Waals surface area contributed by atoms with Gasteiger partial charge in [-0.2, -0.15) is 0 Å². The van der Waals surface area contributed by atoms with Crippen molar-refractivity contribution in [3.63, 3.8) is 0 Å². The molecule has 0 fully saturated rings. The zero-order chi connectivity index (χ0) is 12.0. The summed E-state index contributed by atoms with van der Waals surface area (Å²) < 4.78 is 5.02. The van der Waals surface area contributed by atoms with Crippen molar-refractivity contribution in [2.75, 3.05) is 6.61 Å². The standard InChI is InChI=1S/C13H19NO2/c1-4-6-7-12-9-8-11(3)10-14(12)13(15)16-5-2/h4,8-10,12H,1,5-7H2,2-3H3. The van der Waals surface area contributed by atoms with Crippen molar-refractivity contribution in [2.45, 2.75) is 32.7 Å². The van der Waals surface area contributed by atoms with Crippen molar-refractivity contribution in [3.8, 4) is 0 Å². The summed E-state index contributed by atoms with van der Waals surface area (Å²) in [5.41, 5.74) is 1.06. The van der Waals surface area contributed by atoms with Crippen LogP contribution in [0.4, 0.5) is 4.79 Å². The van der Waals surface area contributed by atoms with Gasteiger partial charge in [-0.1, -0.05) is 18.2 Å². The Bertz CT molecular complexity index is 318. The largest absolute Gasteiger partial charge is 0.449 e. The minimum absolute atomic E-state index is 0.0840. The van der Waals surface area contributed by atoms with Crippen LogP contribution in [-0.2, 0) is 4.74 Å². The highest BCUT2D eigenvalue weighted by Gasteiger charge is 2.22. The highest BCUT2D eigenvalue weighted by atomic mass is 16.6. The fraction of sp³-hybridized carbons (Fsp3) is 0.462. The van der Waals surface area contributed by atoms with E-state index in [-0.39, 0.29) is 12.1 Å². The van der Waals surface area contributed by atoms with E-state index in [0.717, 1.165) is 18.4 Å². The molecule has 1 aliphatic rings. The Labute approximate surface area is 97.1 Å². The van der Waals surface area contributed by atoms with Crippen molar-refractivity contribution in [3.05, 3.63) is 36.6 Å². The fourth-order valence-corrected chi connectivity index (χ4v) is 1.62. The van der Waals surface area contributed by atoms with Gasteiger partial charge in [-0.05, 0) is 32.3 Å². The first-order valence-electron chi connectivity index (χ1n) is 5.61. The Morgan fingerprint density at radius 2 is 2.44 bits per heavy atom. The van der Waals surface area contributed by atoms with Gasteiger partial charge in [0.2, 0.25) is 0 Å². The van der Waals surface area contributed by atoms with E-state index in [1.54, 1.807) is 4.90 Å². The quantitative estimate of drug-likeness (QED) is 0.682.